The van der Waals surface area contributed by atoms with Crippen molar-refractivity contribution < 1.29 is 0 Å². The van der Waals surface area contributed by atoms with Crippen molar-refractivity contribution in [2.24, 2.45) is 0 Å². The number of anilines is 1. The summed E-state index contributed by atoms with van der Waals surface area (Å²) in [6, 6.07) is 12.0. The highest BCUT2D eigenvalue weighted by molar-refractivity contribution is 9.10. The first-order valence-electron chi connectivity index (χ1n) is 5.68. The van der Waals surface area contributed by atoms with E-state index in [1.54, 1.807) is 0 Å². The Hall–Kier alpha value is -1.81. The fourth-order valence-electron chi connectivity index (χ4n) is 1.95. The molecule has 2 heterocycles. The number of rotatable bonds is 2. The summed E-state index contributed by atoms with van der Waals surface area (Å²) in [6.45, 7) is 0. The van der Waals surface area contributed by atoms with Crippen LogP contribution < -0.4 is 5.73 Å². The van der Waals surface area contributed by atoms with E-state index in [0.29, 0.717) is 0 Å². The molecular formula is C14H12BrN3. The molecule has 3 aromatic rings. The Kier molecular flexibility index (Phi) is 2.80. The monoisotopic (exact) mass is 301 g/mol. The third-order valence-electron chi connectivity index (χ3n) is 2.83. The SMILES string of the molecule is Nc1ccn2cc(Cc3ccc(Br)cc3)nc2c1. The molecular weight excluding hydrogens is 290 g/mol. The number of benzene rings is 1. The van der Waals surface area contributed by atoms with Crippen molar-refractivity contribution >= 4 is 27.3 Å². The first kappa shape index (κ1) is 11.3. The Morgan fingerprint density at radius 1 is 1.17 bits per heavy atom. The standard InChI is InChI=1S/C14H12BrN3/c15-11-3-1-10(2-4-11)7-13-9-18-6-5-12(16)8-14(18)17-13/h1-6,8-9H,7,16H2. The van der Waals surface area contributed by atoms with Gasteiger partial charge in [0.2, 0.25) is 0 Å². The molecule has 0 spiro atoms. The van der Waals surface area contributed by atoms with Crippen LogP contribution in [0.4, 0.5) is 5.69 Å². The molecule has 0 aliphatic heterocycles. The molecule has 0 aliphatic carbocycles. The molecule has 0 unspecified atom stereocenters. The molecule has 1 aromatic carbocycles. The topological polar surface area (TPSA) is 43.3 Å². The molecule has 90 valence electrons. The van der Waals surface area contributed by atoms with Crippen LogP contribution in [0.25, 0.3) is 5.65 Å². The van der Waals surface area contributed by atoms with Crippen LogP contribution in [0.1, 0.15) is 11.3 Å². The maximum Gasteiger partial charge on any atom is 0.139 e. The number of hydrogen-bond donors (Lipinski definition) is 1. The number of imidazole rings is 1. The van der Waals surface area contributed by atoms with Crippen molar-refractivity contribution in [1.29, 1.82) is 0 Å². The summed E-state index contributed by atoms with van der Waals surface area (Å²) in [5, 5.41) is 0. The van der Waals surface area contributed by atoms with E-state index < -0.39 is 0 Å². The molecule has 0 atom stereocenters. The first-order valence-corrected chi connectivity index (χ1v) is 6.47. The third kappa shape index (κ3) is 2.24. The van der Waals surface area contributed by atoms with Crippen molar-refractivity contribution in [2.45, 2.75) is 6.42 Å². The molecule has 3 rings (SSSR count). The van der Waals surface area contributed by atoms with Gasteiger partial charge in [0.15, 0.2) is 0 Å². The molecule has 0 bridgehead atoms. The minimum atomic E-state index is 0.739. The number of aromatic nitrogens is 2. The lowest BCUT2D eigenvalue weighted by molar-refractivity contribution is 1.11. The highest BCUT2D eigenvalue weighted by Crippen LogP contribution is 2.15. The van der Waals surface area contributed by atoms with Crippen molar-refractivity contribution in [3.63, 3.8) is 0 Å². The molecule has 0 aliphatic rings. The average Bonchev–Trinajstić information content (AvgIpc) is 2.73. The van der Waals surface area contributed by atoms with Gasteiger partial charge in [0.05, 0.1) is 5.69 Å². The lowest BCUT2D eigenvalue weighted by Crippen LogP contribution is -1.87. The molecule has 0 saturated carbocycles. The van der Waals surface area contributed by atoms with Crippen LogP contribution in [0.3, 0.4) is 0 Å². The van der Waals surface area contributed by atoms with Gasteiger partial charge in [-0.2, -0.15) is 0 Å². The molecule has 2 aromatic heterocycles. The first-order chi connectivity index (χ1) is 8.70. The quantitative estimate of drug-likeness (QED) is 0.789. The molecule has 4 heteroatoms. The molecule has 0 saturated heterocycles. The predicted molar refractivity (Wildman–Crippen MR) is 76.6 cm³/mol. The van der Waals surface area contributed by atoms with E-state index in [1.165, 1.54) is 5.56 Å². The zero-order valence-electron chi connectivity index (χ0n) is 9.68. The van der Waals surface area contributed by atoms with Crippen LogP contribution in [0, 0.1) is 0 Å². The summed E-state index contributed by atoms with van der Waals surface area (Å²) in [5.74, 6) is 0. The molecule has 3 nitrogen and oxygen atoms in total. The van der Waals surface area contributed by atoms with Crippen molar-refractivity contribution in [3.8, 4) is 0 Å². The third-order valence-corrected chi connectivity index (χ3v) is 3.36. The van der Waals surface area contributed by atoms with Crippen LogP contribution in [-0.4, -0.2) is 9.38 Å². The number of halogens is 1. The summed E-state index contributed by atoms with van der Waals surface area (Å²) < 4.78 is 3.08. The summed E-state index contributed by atoms with van der Waals surface area (Å²) >= 11 is 3.43. The lowest BCUT2D eigenvalue weighted by Gasteiger charge is -1.97. The van der Waals surface area contributed by atoms with Gasteiger partial charge in [-0.25, -0.2) is 4.98 Å². The van der Waals surface area contributed by atoms with E-state index in [2.05, 4.69) is 33.0 Å². The smallest absolute Gasteiger partial charge is 0.139 e. The second-order valence-corrected chi connectivity index (χ2v) is 5.18. The fraction of sp³-hybridized carbons (Fsp3) is 0.0714. The Morgan fingerprint density at radius 3 is 2.72 bits per heavy atom. The second kappa shape index (κ2) is 4.46. The van der Waals surface area contributed by atoms with E-state index in [-0.39, 0.29) is 0 Å². The number of nitrogens with two attached hydrogens (primary N) is 1. The highest BCUT2D eigenvalue weighted by atomic mass is 79.9. The van der Waals surface area contributed by atoms with Gasteiger partial charge in [-0.1, -0.05) is 28.1 Å². The van der Waals surface area contributed by atoms with Gasteiger partial charge in [-0.05, 0) is 23.8 Å². The van der Waals surface area contributed by atoms with Crippen LogP contribution >= 0.6 is 15.9 Å². The van der Waals surface area contributed by atoms with Crippen molar-refractivity contribution in [3.05, 3.63) is 64.5 Å². The minimum Gasteiger partial charge on any atom is -0.399 e. The Bertz CT molecular complexity index is 686. The van der Waals surface area contributed by atoms with Gasteiger partial charge in [0.1, 0.15) is 5.65 Å². The molecule has 2 N–H and O–H groups in total. The molecule has 0 radical (unpaired) electrons. The fourth-order valence-corrected chi connectivity index (χ4v) is 2.21. The van der Waals surface area contributed by atoms with Crippen LogP contribution in [0.15, 0.2) is 53.3 Å². The van der Waals surface area contributed by atoms with Crippen LogP contribution in [0.5, 0.6) is 0 Å². The van der Waals surface area contributed by atoms with Gasteiger partial charge >= 0.3 is 0 Å². The zero-order valence-corrected chi connectivity index (χ0v) is 11.3. The maximum absolute atomic E-state index is 5.74. The van der Waals surface area contributed by atoms with Crippen molar-refractivity contribution in [2.75, 3.05) is 5.73 Å². The average molecular weight is 302 g/mol. The maximum atomic E-state index is 5.74. The van der Waals surface area contributed by atoms with E-state index >= 15 is 0 Å². The van der Waals surface area contributed by atoms with E-state index in [4.69, 9.17) is 5.73 Å². The summed E-state index contributed by atoms with van der Waals surface area (Å²) in [4.78, 5) is 4.56. The van der Waals surface area contributed by atoms with Gasteiger partial charge in [0, 0.05) is 35.0 Å². The summed E-state index contributed by atoms with van der Waals surface area (Å²) in [7, 11) is 0. The van der Waals surface area contributed by atoms with E-state index in [1.807, 2.05) is 41.1 Å². The van der Waals surface area contributed by atoms with Crippen LogP contribution in [-0.2, 0) is 6.42 Å². The predicted octanol–water partition coefficient (Wildman–Crippen LogP) is 3.27. The summed E-state index contributed by atoms with van der Waals surface area (Å²) in [6.07, 6.45) is 4.80. The Balaban J connectivity index is 1.92. The number of nitrogen functional groups attached to an aromatic ring is 1. The van der Waals surface area contributed by atoms with Crippen molar-refractivity contribution in [1.82, 2.24) is 9.38 Å². The van der Waals surface area contributed by atoms with Crippen LogP contribution in [0.2, 0.25) is 0 Å². The number of pyridine rings is 1. The van der Waals surface area contributed by atoms with E-state index in [9.17, 15) is 0 Å². The van der Waals surface area contributed by atoms with Gasteiger partial charge in [0.25, 0.3) is 0 Å². The number of fused-ring (bicyclic) bond motifs is 1. The normalized spacial score (nSPS) is 10.9. The Labute approximate surface area is 113 Å². The molecule has 18 heavy (non-hydrogen) atoms. The number of nitrogens with zero attached hydrogens (tertiary/aromatic N) is 2. The molecule has 0 fully saturated rings. The number of hydrogen-bond acceptors (Lipinski definition) is 2. The largest absolute Gasteiger partial charge is 0.399 e. The zero-order chi connectivity index (χ0) is 12.5. The minimum absolute atomic E-state index is 0.739. The highest BCUT2D eigenvalue weighted by Gasteiger charge is 2.03. The van der Waals surface area contributed by atoms with Gasteiger partial charge in [-0.3, -0.25) is 0 Å². The lowest BCUT2D eigenvalue weighted by atomic mass is 10.1. The Morgan fingerprint density at radius 2 is 1.94 bits per heavy atom. The summed E-state index contributed by atoms with van der Waals surface area (Å²) in [5.41, 5.74) is 9.66. The second-order valence-electron chi connectivity index (χ2n) is 4.26. The molecule has 0 amide bonds. The van der Waals surface area contributed by atoms with Gasteiger partial charge < -0.3 is 10.1 Å². The van der Waals surface area contributed by atoms with E-state index in [0.717, 1.165) is 27.9 Å². The van der Waals surface area contributed by atoms with Gasteiger partial charge in [-0.15, -0.1) is 0 Å².